The number of ether oxygens (including phenoxy) is 1. The number of likely N-dealkylation sites (tertiary alicyclic amines) is 1. The molecule has 1 fully saturated rings. The average Bonchev–Trinajstić information content (AvgIpc) is 3.63. The fourth-order valence-corrected chi connectivity index (χ4v) is 5.70. The highest BCUT2D eigenvalue weighted by Gasteiger charge is 2.27. The van der Waals surface area contributed by atoms with Gasteiger partial charge in [0.25, 0.3) is 5.91 Å². The zero-order valence-corrected chi connectivity index (χ0v) is 22.4. The van der Waals surface area contributed by atoms with Gasteiger partial charge in [-0.1, -0.05) is 28.9 Å². The van der Waals surface area contributed by atoms with E-state index in [1.807, 2.05) is 6.07 Å². The highest BCUT2D eigenvalue weighted by molar-refractivity contribution is 7.19. The fourth-order valence-electron chi connectivity index (χ4n) is 4.71. The van der Waals surface area contributed by atoms with Crippen LogP contribution in [0.25, 0.3) is 21.5 Å². The van der Waals surface area contributed by atoms with Crippen LogP contribution in [0.3, 0.4) is 0 Å². The molecule has 11 heteroatoms. The van der Waals surface area contributed by atoms with E-state index in [0.29, 0.717) is 38.3 Å². The zero-order chi connectivity index (χ0) is 26.1. The summed E-state index contributed by atoms with van der Waals surface area (Å²) in [5, 5.41) is 12.5. The normalized spacial score (nSPS) is 14.9. The van der Waals surface area contributed by atoms with Crippen molar-refractivity contribution in [2.24, 2.45) is 0 Å². The molecule has 3 aromatic heterocycles. The first-order chi connectivity index (χ1) is 17.8. The Morgan fingerprint density at radius 3 is 2.70 bits per heavy atom. The van der Waals surface area contributed by atoms with Crippen LogP contribution in [-0.2, 0) is 11.3 Å². The quantitative estimate of drug-likeness (QED) is 0.334. The summed E-state index contributed by atoms with van der Waals surface area (Å²) in [7, 11) is 1.33. The number of aromatic nitrogens is 3. The molecule has 9 nitrogen and oxygen atoms in total. The van der Waals surface area contributed by atoms with Gasteiger partial charge in [-0.15, -0.1) is 11.3 Å². The van der Waals surface area contributed by atoms with E-state index in [4.69, 9.17) is 20.9 Å². The average molecular weight is 542 g/mol. The van der Waals surface area contributed by atoms with Crippen LogP contribution >= 0.6 is 22.9 Å². The number of halogens is 1. The molecule has 0 atom stereocenters. The predicted molar refractivity (Wildman–Crippen MR) is 142 cm³/mol. The van der Waals surface area contributed by atoms with Gasteiger partial charge in [0.2, 0.25) is 0 Å². The number of methoxy groups -OCH3 is 1. The number of carbonyl (C=O) groups is 2. The summed E-state index contributed by atoms with van der Waals surface area (Å²) >= 11 is 7.44. The van der Waals surface area contributed by atoms with Gasteiger partial charge >= 0.3 is 5.97 Å². The molecule has 4 heterocycles. The number of amides is 1. The first kappa shape index (κ1) is 25.4. The van der Waals surface area contributed by atoms with Gasteiger partial charge in [-0.05, 0) is 44.9 Å². The Morgan fingerprint density at radius 2 is 2.03 bits per heavy atom. The Morgan fingerprint density at radius 1 is 1.24 bits per heavy atom. The number of nitrogens with zero attached hydrogens (tertiary/aromatic N) is 4. The van der Waals surface area contributed by atoms with E-state index < -0.39 is 5.97 Å². The second-order valence-electron chi connectivity index (χ2n) is 9.36. The van der Waals surface area contributed by atoms with E-state index in [-0.39, 0.29) is 24.2 Å². The molecule has 1 aromatic carbocycles. The van der Waals surface area contributed by atoms with Crippen LogP contribution in [0, 0.1) is 0 Å². The van der Waals surface area contributed by atoms with Crippen LogP contribution in [0.1, 0.15) is 53.2 Å². The van der Waals surface area contributed by atoms with Crippen LogP contribution in [0.15, 0.2) is 40.9 Å². The maximum atomic E-state index is 13.4. The Balaban J connectivity index is 1.45. The predicted octanol–water partition coefficient (Wildman–Crippen LogP) is 4.84. The number of hydrogen-bond acceptors (Lipinski definition) is 8. The number of fused-ring (bicyclic) bond motifs is 1. The van der Waals surface area contributed by atoms with Gasteiger partial charge in [-0.25, -0.2) is 4.79 Å². The van der Waals surface area contributed by atoms with E-state index in [1.165, 1.54) is 18.4 Å². The highest BCUT2D eigenvalue weighted by atomic mass is 35.5. The number of para-hydroxylation sites is 1. The van der Waals surface area contributed by atoms with E-state index in [0.717, 1.165) is 30.8 Å². The van der Waals surface area contributed by atoms with Crippen molar-refractivity contribution in [1.29, 1.82) is 0 Å². The Bertz CT molecular complexity index is 1430. The number of rotatable bonds is 7. The van der Waals surface area contributed by atoms with Crippen LogP contribution in [0.4, 0.5) is 0 Å². The maximum absolute atomic E-state index is 13.4. The minimum atomic E-state index is -0.506. The van der Waals surface area contributed by atoms with Crippen LogP contribution < -0.4 is 5.32 Å². The summed E-state index contributed by atoms with van der Waals surface area (Å²) in [4.78, 5) is 29.2. The molecule has 0 radical (unpaired) electrons. The Hall–Kier alpha value is -3.21. The minimum Gasteiger partial charge on any atom is -0.465 e. The monoisotopic (exact) mass is 541 g/mol. The van der Waals surface area contributed by atoms with Crippen LogP contribution in [-0.4, -0.2) is 64.0 Å². The van der Waals surface area contributed by atoms with Crippen molar-refractivity contribution in [2.75, 3.05) is 20.2 Å². The molecule has 37 heavy (non-hydrogen) atoms. The summed E-state index contributed by atoms with van der Waals surface area (Å²) in [6.45, 7) is 6.45. The summed E-state index contributed by atoms with van der Waals surface area (Å²) < 4.78 is 12.8. The van der Waals surface area contributed by atoms with E-state index in [2.05, 4.69) is 34.3 Å². The third-order valence-electron chi connectivity index (χ3n) is 6.67. The number of thiophene rings is 1. The maximum Gasteiger partial charge on any atom is 0.340 e. The lowest BCUT2D eigenvalue weighted by atomic mass is 10.0. The Labute approximate surface area is 223 Å². The van der Waals surface area contributed by atoms with Crippen LogP contribution in [0.2, 0.25) is 4.34 Å². The van der Waals surface area contributed by atoms with Crippen LogP contribution in [0.5, 0.6) is 0 Å². The van der Waals surface area contributed by atoms with E-state index >= 15 is 0 Å². The SMILES string of the molecule is COC(=O)c1cccc2c(C(=O)NC3CCN(C(C)C)CC3)nn(Cc3cc(-c4ccc(Cl)s4)on3)c12. The van der Waals surface area contributed by atoms with E-state index in [1.54, 1.807) is 35.0 Å². The van der Waals surface area contributed by atoms with Crippen molar-refractivity contribution < 1.29 is 18.8 Å². The number of piperidine rings is 1. The standard InChI is InChI=1S/C26H28ClN5O4S/c1-15(2)31-11-9-16(10-12-31)28-25(33)23-18-5-4-6-19(26(34)35-3)24(18)32(29-23)14-17-13-20(36-30-17)21-7-8-22(27)37-21/h4-8,13,15-16H,9-12,14H2,1-3H3,(H,28,33). The summed E-state index contributed by atoms with van der Waals surface area (Å²) in [6, 6.07) is 11.2. The lowest BCUT2D eigenvalue weighted by Crippen LogP contribution is -2.46. The largest absolute Gasteiger partial charge is 0.465 e. The molecule has 0 saturated carbocycles. The molecule has 0 bridgehead atoms. The van der Waals surface area contributed by atoms with Crippen molar-refractivity contribution in [3.63, 3.8) is 0 Å². The number of carbonyl (C=O) groups excluding carboxylic acids is 2. The third-order valence-corrected chi connectivity index (χ3v) is 7.92. The number of hydrogen-bond donors (Lipinski definition) is 1. The second-order valence-corrected chi connectivity index (χ2v) is 11.1. The molecule has 1 N–H and O–H groups in total. The lowest BCUT2D eigenvalue weighted by molar-refractivity contribution is 0.0602. The molecule has 0 aliphatic carbocycles. The summed E-state index contributed by atoms with van der Waals surface area (Å²) in [6.07, 6.45) is 1.76. The topological polar surface area (TPSA) is 102 Å². The molecule has 0 unspecified atom stereocenters. The van der Waals surface area contributed by atoms with Gasteiger partial charge in [0.1, 0.15) is 5.69 Å². The molecule has 1 aliphatic heterocycles. The molecule has 5 rings (SSSR count). The molecular weight excluding hydrogens is 514 g/mol. The molecule has 194 valence electrons. The second kappa shape index (κ2) is 10.6. The smallest absolute Gasteiger partial charge is 0.340 e. The van der Waals surface area contributed by atoms with Gasteiger partial charge in [0.05, 0.1) is 33.9 Å². The molecule has 1 amide bonds. The fraction of sp³-hybridized carbons (Fsp3) is 0.385. The molecule has 1 aliphatic rings. The van der Waals surface area contributed by atoms with Gasteiger partial charge in [0, 0.05) is 36.6 Å². The first-order valence-corrected chi connectivity index (χ1v) is 13.4. The van der Waals surface area contributed by atoms with Crippen molar-refractivity contribution >= 4 is 45.7 Å². The van der Waals surface area contributed by atoms with Gasteiger partial charge < -0.3 is 19.5 Å². The first-order valence-electron chi connectivity index (χ1n) is 12.2. The van der Waals surface area contributed by atoms with Gasteiger partial charge in [-0.3, -0.25) is 9.48 Å². The minimum absolute atomic E-state index is 0.0715. The molecule has 0 spiro atoms. The van der Waals surface area contributed by atoms with Gasteiger partial charge in [0.15, 0.2) is 11.5 Å². The van der Waals surface area contributed by atoms with Crippen molar-refractivity contribution in [2.45, 2.75) is 45.3 Å². The van der Waals surface area contributed by atoms with Crippen molar-refractivity contribution in [3.8, 4) is 10.6 Å². The highest BCUT2D eigenvalue weighted by Crippen LogP contribution is 2.32. The number of benzene rings is 1. The Kier molecular flexibility index (Phi) is 7.32. The molecule has 4 aromatic rings. The number of esters is 1. The van der Waals surface area contributed by atoms with Crippen molar-refractivity contribution in [1.82, 2.24) is 25.2 Å². The summed E-state index contributed by atoms with van der Waals surface area (Å²) in [5.74, 6) is -0.182. The molecule has 1 saturated heterocycles. The van der Waals surface area contributed by atoms with E-state index in [9.17, 15) is 9.59 Å². The van der Waals surface area contributed by atoms with Gasteiger partial charge in [-0.2, -0.15) is 5.10 Å². The van der Waals surface area contributed by atoms with Crippen molar-refractivity contribution in [3.05, 3.63) is 57.7 Å². The molecular formula is C26H28ClN5O4S. The summed E-state index contributed by atoms with van der Waals surface area (Å²) in [5.41, 5.74) is 1.70. The number of nitrogens with one attached hydrogen (secondary N) is 1. The third kappa shape index (κ3) is 5.27. The lowest BCUT2D eigenvalue weighted by Gasteiger charge is -2.34. The zero-order valence-electron chi connectivity index (χ0n) is 20.9.